The molecule has 0 radical (unpaired) electrons. The van der Waals surface area contributed by atoms with Gasteiger partial charge < -0.3 is 14.4 Å². The first-order chi connectivity index (χ1) is 8.02. The van der Waals surface area contributed by atoms with Crippen molar-refractivity contribution < 1.29 is 32.8 Å². The molecule has 0 saturated heterocycles. The molecule has 7 nitrogen and oxygen atoms in total. The number of rotatable bonds is 6. The highest BCUT2D eigenvalue weighted by Gasteiger charge is 2.25. The van der Waals surface area contributed by atoms with Crippen molar-refractivity contribution >= 4 is 14.0 Å². The van der Waals surface area contributed by atoms with Crippen LogP contribution in [0.4, 0.5) is 4.79 Å². The fraction of sp³-hybridized carbons (Fsp3) is 0.900. The fourth-order valence-corrected chi connectivity index (χ4v) is 1.49. The van der Waals surface area contributed by atoms with Crippen LogP contribution in [0.5, 0.6) is 0 Å². The zero-order valence-corrected chi connectivity index (χ0v) is 12.2. The Morgan fingerprint density at radius 3 is 2.28 bits per heavy atom. The SMILES string of the molecule is CC(C)OC(=O)OCOP(=O)(O)OCC(C)(C)C. The van der Waals surface area contributed by atoms with E-state index in [1.807, 2.05) is 20.8 Å². The molecule has 0 aromatic rings. The summed E-state index contributed by atoms with van der Waals surface area (Å²) >= 11 is 0. The molecule has 0 heterocycles. The lowest BCUT2D eigenvalue weighted by atomic mass is 9.99. The second-order valence-electron chi connectivity index (χ2n) is 5.11. The quantitative estimate of drug-likeness (QED) is 0.455. The van der Waals surface area contributed by atoms with E-state index >= 15 is 0 Å². The normalized spacial score (nSPS) is 15.3. The molecule has 0 aliphatic heterocycles. The van der Waals surface area contributed by atoms with E-state index in [1.54, 1.807) is 13.8 Å². The van der Waals surface area contributed by atoms with Crippen LogP contribution < -0.4 is 0 Å². The molecule has 0 aromatic heterocycles. The largest absolute Gasteiger partial charge is 0.510 e. The molecule has 18 heavy (non-hydrogen) atoms. The van der Waals surface area contributed by atoms with E-state index in [0.717, 1.165) is 0 Å². The zero-order chi connectivity index (χ0) is 14.4. The number of hydrogen-bond donors (Lipinski definition) is 1. The van der Waals surface area contributed by atoms with Gasteiger partial charge in [0.05, 0.1) is 12.7 Å². The van der Waals surface area contributed by atoms with E-state index in [4.69, 9.17) is 4.52 Å². The highest BCUT2D eigenvalue weighted by molar-refractivity contribution is 7.47. The second-order valence-corrected chi connectivity index (χ2v) is 6.56. The van der Waals surface area contributed by atoms with Gasteiger partial charge >= 0.3 is 14.0 Å². The zero-order valence-electron chi connectivity index (χ0n) is 11.3. The van der Waals surface area contributed by atoms with Gasteiger partial charge in [-0.1, -0.05) is 20.8 Å². The summed E-state index contributed by atoms with van der Waals surface area (Å²) in [6.07, 6.45) is -1.31. The second kappa shape index (κ2) is 7.09. The van der Waals surface area contributed by atoms with E-state index in [9.17, 15) is 14.3 Å². The van der Waals surface area contributed by atoms with E-state index in [2.05, 4.69) is 14.0 Å². The predicted molar refractivity (Wildman–Crippen MR) is 63.9 cm³/mol. The van der Waals surface area contributed by atoms with Gasteiger partial charge in [0.2, 0.25) is 6.79 Å². The summed E-state index contributed by atoms with van der Waals surface area (Å²) in [6, 6.07) is 0. The van der Waals surface area contributed by atoms with Crippen LogP contribution in [0.3, 0.4) is 0 Å². The Labute approximate surface area is 107 Å². The average molecular weight is 284 g/mol. The van der Waals surface area contributed by atoms with Crippen LogP contribution in [0.2, 0.25) is 0 Å². The predicted octanol–water partition coefficient (Wildman–Crippen LogP) is 2.69. The number of ether oxygens (including phenoxy) is 2. The minimum Gasteiger partial charge on any atom is -0.432 e. The summed E-state index contributed by atoms with van der Waals surface area (Å²) in [5, 5.41) is 0. The van der Waals surface area contributed by atoms with Crippen LogP contribution in [0.1, 0.15) is 34.6 Å². The van der Waals surface area contributed by atoms with Gasteiger partial charge in [-0.2, -0.15) is 0 Å². The first-order valence-corrected chi connectivity index (χ1v) is 6.97. The Morgan fingerprint density at radius 1 is 1.28 bits per heavy atom. The molecule has 1 N–H and O–H groups in total. The Morgan fingerprint density at radius 2 is 1.83 bits per heavy atom. The molecule has 0 bridgehead atoms. The first kappa shape index (κ1) is 17.4. The third kappa shape index (κ3) is 10.5. The summed E-state index contributed by atoms with van der Waals surface area (Å²) in [5.41, 5.74) is -0.279. The van der Waals surface area contributed by atoms with E-state index < -0.39 is 20.8 Å². The van der Waals surface area contributed by atoms with E-state index in [0.29, 0.717) is 0 Å². The third-order valence-electron chi connectivity index (χ3n) is 1.39. The average Bonchev–Trinajstić information content (AvgIpc) is 2.12. The van der Waals surface area contributed by atoms with Crippen molar-refractivity contribution in [2.24, 2.45) is 5.41 Å². The lowest BCUT2D eigenvalue weighted by Gasteiger charge is -2.20. The maximum Gasteiger partial charge on any atom is 0.510 e. The molecule has 0 amide bonds. The van der Waals surface area contributed by atoms with Crippen molar-refractivity contribution in [2.45, 2.75) is 40.7 Å². The number of carbonyl (C=O) groups is 1. The van der Waals surface area contributed by atoms with Crippen LogP contribution in [0, 0.1) is 5.41 Å². The van der Waals surface area contributed by atoms with Gasteiger partial charge in [0, 0.05) is 0 Å². The molecule has 0 saturated carbocycles. The number of carbonyl (C=O) groups excluding carboxylic acids is 1. The van der Waals surface area contributed by atoms with Crippen molar-refractivity contribution in [3.63, 3.8) is 0 Å². The van der Waals surface area contributed by atoms with Crippen molar-refractivity contribution in [1.29, 1.82) is 0 Å². The summed E-state index contributed by atoms with van der Waals surface area (Å²) in [4.78, 5) is 20.2. The maximum atomic E-state index is 11.3. The monoisotopic (exact) mass is 284 g/mol. The smallest absolute Gasteiger partial charge is 0.432 e. The Kier molecular flexibility index (Phi) is 6.84. The number of hydrogen-bond acceptors (Lipinski definition) is 6. The maximum absolute atomic E-state index is 11.3. The van der Waals surface area contributed by atoms with Crippen LogP contribution in [0.25, 0.3) is 0 Å². The summed E-state index contributed by atoms with van der Waals surface area (Å²) in [6.45, 7) is 8.13. The first-order valence-electron chi connectivity index (χ1n) is 5.47. The Hall–Kier alpha value is -0.620. The highest BCUT2D eigenvalue weighted by atomic mass is 31.2. The van der Waals surface area contributed by atoms with Gasteiger partial charge in [0.25, 0.3) is 0 Å². The third-order valence-corrected chi connectivity index (χ3v) is 2.27. The summed E-state index contributed by atoms with van der Waals surface area (Å²) < 4.78 is 29.6. The van der Waals surface area contributed by atoms with Gasteiger partial charge in [0.15, 0.2) is 0 Å². The summed E-state index contributed by atoms with van der Waals surface area (Å²) in [5.74, 6) is 0. The molecule has 0 aromatic carbocycles. The van der Waals surface area contributed by atoms with Crippen molar-refractivity contribution in [3.8, 4) is 0 Å². The molecule has 0 rings (SSSR count). The highest BCUT2D eigenvalue weighted by Crippen LogP contribution is 2.44. The van der Waals surface area contributed by atoms with Gasteiger partial charge in [-0.15, -0.1) is 0 Å². The lowest BCUT2D eigenvalue weighted by Crippen LogP contribution is -2.16. The number of phosphoric ester groups is 1. The summed E-state index contributed by atoms with van der Waals surface area (Å²) in [7, 11) is -4.21. The molecule has 0 fully saturated rings. The van der Waals surface area contributed by atoms with Gasteiger partial charge in [-0.25, -0.2) is 13.9 Å². The molecular formula is C10H21O7P. The topological polar surface area (TPSA) is 91.3 Å². The molecule has 1 unspecified atom stereocenters. The molecule has 0 aliphatic carbocycles. The molecule has 8 heteroatoms. The standard InChI is InChI=1S/C10H21O7P/c1-8(2)17-9(11)14-7-16-18(12,13)15-6-10(3,4)5/h8H,6-7H2,1-5H3,(H,12,13). The fourth-order valence-electron chi connectivity index (χ4n) is 0.680. The van der Waals surface area contributed by atoms with Gasteiger partial charge in [-0.05, 0) is 19.3 Å². The molecule has 108 valence electrons. The van der Waals surface area contributed by atoms with Crippen molar-refractivity contribution in [3.05, 3.63) is 0 Å². The van der Waals surface area contributed by atoms with Crippen LogP contribution >= 0.6 is 7.82 Å². The van der Waals surface area contributed by atoms with E-state index in [-0.39, 0.29) is 18.1 Å². The van der Waals surface area contributed by atoms with Crippen LogP contribution in [-0.2, 0) is 23.1 Å². The van der Waals surface area contributed by atoms with E-state index in [1.165, 1.54) is 0 Å². The molecule has 1 atom stereocenters. The van der Waals surface area contributed by atoms with Crippen LogP contribution in [-0.4, -0.2) is 30.6 Å². The minimum atomic E-state index is -4.21. The van der Waals surface area contributed by atoms with Gasteiger partial charge in [0.1, 0.15) is 0 Å². The van der Waals surface area contributed by atoms with Crippen LogP contribution in [0.15, 0.2) is 0 Å². The number of phosphoric acid groups is 1. The molecule has 0 spiro atoms. The lowest BCUT2D eigenvalue weighted by molar-refractivity contribution is -0.0218. The Balaban J connectivity index is 3.90. The minimum absolute atomic E-state index is 0.0389. The molecular weight excluding hydrogens is 263 g/mol. The van der Waals surface area contributed by atoms with Crippen molar-refractivity contribution in [2.75, 3.05) is 13.4 Å². The molecule has 0 aliphatic rings. The Bertz CT molecular complexity index is 308. The van der Waals surface area contributed by atoms with Gasteiger partial charge in [-0.3, -0.25) is 4.52 Å². The van der Waals surface area contributed by atoms with Crippen molar-refractivity contribution in [1.82, 2.24) is 0 Å².